The molecule has 23 heavy (non-hydrogen) atoms. The first-order valence-corrected chi connectivity index (χ1v) is 7.69. The van der Waals surface area contributed by atoms with Gasteiger partial charge in [-0.25, -0.2) is 9.97 Å². The van der Waals surface area contributed by atoms with Gasteiger partial charge in [0.05, 0.1) is 21.3 Å². The maximum atomic E-state index is 11.9. The summed E-state index contributed by atoms with van der Waals surface area (Å²) in [6, 6.07) is 5.17. The average Bonchev–Trinajstić information content (AvgIpc) is 2.51. The molecule has 0 unspecified atom stereocenters. The fraction of sp³-hybridized carbons (Fsp3) is 0.267. The van der Waals surface area contributed by atoms with E-state index < -0.39 is 0 Å². The summed E-state index contributed by atoms with van der Waals surface area (Å²) in [7, 11) is 3.88. The Bertz CT molecular complexity index is 656. The van der Waals surface area contributed by atoms with Crippen LogP contribution in [0.4, 0.5) is 11.6 Å². The van der Waals surface area contributed by atoms with Crippen molar-refractivity contribution in [3.8, 4) is 0 Å². The number of amides is 1. The van der Waals surface area contributed by atoms with Gasteiger partial charge in [-0.05, 0) is 26.2 Å². The van der Waals surface area contributed by atoms with Crippen LogP contribution in [0.2, 0.25) is 10.0 Å². The van der Waals surface area contributed by atoms with Gasteiger partial charge in [-0.1, -0.05) is 29.3 Å². The number of rotatable bonds is 6. The molecule has 1 amide bonds. The third-order valence-corrected chi connectivity index (χ3v) is 3.59. The molecule has 0 saturated heterocycles. The Morgan fingerprint density at radius 2 is 1.78 bits per heavy atom. The molecule has 0 spiro atoms. The number of carbonyl (C=O) groups is 1. The summed E-state index contributed by atoms with van der Waals surface area (Å²) in [5.41, 5.74) is 0.915. The Hall–Kier alpha value is -1.89. The van der Waals surface area contributed by atoms with Gasteiger partial charge in [0.15, 0.2) is 0 Å². The molecule has 0 aliphatic rings. The Morgan fingerprint density at radius 1 is 1.17 bits per heavy atom. The van der Waals surface area contributed by atoms with E-state index in [4.69, 9.17) is 23.2 Å². The summed E-state index contributed by atoms with van der Waals surface area (Å²) in [5, 5.41) is 6.66. The second kappa shape index (κ2) is 8.10. The lowest BCUT2D eigenvalue weighted by atomic mass is 10.3. The maximum Gasteiger partial charge on any atom is 0.254 e. The van der Waals surface area contributed by atoms with E-state index in [1.165, 1.54) is 12.4 Å². The van der Waals surface area contributed by atoms with Crippen LogP contribution in [0.1, 0.15) is 10.4 Å². The number of hydrogen-bond donors (Lipinski definition) is 2. The standard InChI is InChI=1S/C15H17Cl2N5O/c1-22(2)7-6-18-14(23)10-8-19-15(20-9-10)21-13-11(16)4-3-5-12(13)17/h3-5,8-9H,6-7H2,1-2H3,(H,18,23)(H,19,20,21). The highest BCUT2D eigenvalue weighted by Crippen LogP contribution is 2.31. The van der Waals surface area contributed by atoms with E-state index in [1.807, 2.05) is 19.0 Å². The van der Waals surface area contributed by atoms with Crippen LogP contribution >= 0.6 is 23.2 Å². The minimum absolute atomic E-state index is 0.214. The molecular formula is C15H17Cl2N5O. The smallest absolute Gasteiger partial charge is 0.254 e. The molecule has 0 aliphatic carbocycles. The van der Waals surface area contributed by atoms with Gasteiger partial charge in [-0.3, -0.25) is 4.79 Å². The van der Waals surface area contributed by atoms with Gasteiger partial charge in [0.2, 0.25) is 5.95 Å². The van der Waals surface area contributed by atoms with Gasteiger partial charge >= 0.3 is 0 Å². The minimum atomic E-state index is -0.214. The first-order chi connectivity index (χ1) is 11.0. The molecule has 0 atom stereocenters. The summed E-state index contributed by atoms with van der Waals surface area (Å²) in [5.74, 6) is 0.0963. The summed E-state index contributed by atoms with van der Waals surface area (Å²) in [6.07, 6.45) is 2.90. The molecule has 1 aromatic carbocycles. The van der Waals surface area contributed by atoms with E-state index in [2.05, 4.69) is 20.6 Å². The van der Waals surface area contributed by atoms with E-state index in [9.17, 15) is 4.79 Å². The molecular weight excluding hydrogens is 337 g/mol. The first kappa shape index (κ1) is 17.5. The molecule has 0 fully saturated rings. The third kappa shape index (κ3) is 5.06. The van der Waals surface area contributed by atoms with Crippen molar-refractivity contribution in [1.82, 2.24) is 20.2 Å². The molecule has 0 bridgehead atoms. The molecule has 1 aromatic heterocycles. The van der Waals surface area contributed by atoms with Crippen molar-refractivity contribution in [3.05, 3.63) is 46.2 Å². The number of anilines is 2. The molecule has 6 nitrogen and oxygen atoms in total. The molecule has 0 aliphatic heterocycles. The van der Waals surface area contributed by atoms with E-state index in [-0.39, 0.29) is 5.91 Å². The molecule has 2 N–H and O–H groups in total. The van der Waals surface area contributed by atoms with Gasteiger partial charge in [0, 0.05) is 25.5 Å². The van der Waals surface area contributed by atoms with Crippen molar-refractivity contribution in [1.29, 1.82) is 0 Å². The number of halogens is 2. The molecule has 0 radical (unpaired) electrons. The fourth-order valence-electron chi connectivity index (χ4n) is 1.73. The van der Waals surface area contributed by atoms with E-state index >= 15 is 0 Å². The molecule has 122 valence electrons. The highest BCUT2D eigenvalue weighted by Gasteiger charge is 2.09. The average molecular weight is 354 g/mol. The second-order valence-electron chi connectivity index (χ2n) is 5.08. The van der Waals surface area contributed by atoms with Gasteiger partial charge in [0.25, 0.3) is 5.91 Å². The number of likely N-dealkylation sites (N-methyl/N-ethyl adjacent to an activating group) is 1. The van der Waals surface area contributed by atoms with E-state index in [0.29, 0.717) is 33.8 Å². The quantitative estimate of drug-likeness (QED) is 0.835. The molecule has 8 heteroatoms. The van der Waals surface area contributed by atoms with Crippen LogP contribution in [0.15, 0.2) is 30.6 Å². The predicted molar refractivity (Wildman–Crippen MR) is 92.7 cm³/mol. The Labute approximate surface area is 144 Å². The number of aromatic nitrogens is 2. The van der Waals surface area contributed by atoms with Crippen molar-refractivity contribution in [2.45, 2.75) is 0 Å². The SMILES string of the molecule is CN(C)CCNC(=O)c1cnc(Nc2c(Cl)cccc2Cl)nc1. The molecule has 2 rings (SSSR count). The van der Waals surface area contributed by atoms with Gasteiger partial charge in [-0.15, -0.1) is 0 Å². The number of hydrogen-bond acceptors (Lipinski definition) is 5. The van der Waals surface area contributed by atoms with Crippen LogP contribution in [0.5, 0.6) is 0 Å². The monoisotopic (exact) mass is 353 g/mol. The number of benzene rings is 1. The molecule has 0 saturated carbocycles. The van der Waals surface area contributed by atoms with E-state index in [0.717, 1.165) is 6.54 Å². The number of para-hydroxylation sites is 1. The van der Waals surface area contributed by atoms with Crippen LogP contribution in [-0.4, -0.2) is 48.0 Å². The summed E-state index contributed by atoms with van der Waals surface area (Å²) in [4.78, 5) is 22.1. The second-order valence-corrected chi connectivity index (χ2v) is 5.89. The Morgan fingerprint density at radius 3 is 2.35 bits per heavy atom. The van der Waals surface area contributed by atoms with Gasteiger partial charge < -0.3 is 15.5 Å². The maximum absolute atomic E-state index is 11.9. The Kier molecular flexibility index (Phi) is 6.15. The van der Waals surface area contributed by atoms with Crippen LogP contribution in [0.25, 0.3) is 0 Å². The molecule has 1 heterocycles. The minimum Gasteiger partial charge on any atom is -0.351 e. The number of nitrogens with one attached hydrogen (secondary N) is 2. The van der Waals surface area contributed by atoms with Crippen molar-refractivity contribution < 1.29 is 4.79 Å². The van der Waals surface area contributed by atoms with Crippen molar-refractivity contribution in [2.75, 3.05) is 32.5 Å². The van der Waals surface area contributed by atoms with Crippen molar-refractivity contribution in [3.63, 3.8) is 0 Å². The molecule has 2 aromatic rings. The van der Waals surface area contributed by atoms with E-state index in [1.54, 1.807) is 18.2 Å². The normalized spacial score (nSPS) is 10.7. The van der Waals surface area contributed by atoms with Crippen molar-refractivity contribution >= 4 is 40.7 Å². The lowest BCUT2D eigenvalue weighted by molar-refractivity contribution is 0.0950. The van der Waals surface area contributed by atoms with Crippen LogP contribution < -0.4 is 10.6 Å². The lowest BCUT2D eigenvalue weighted by Gasteiger charge is -2.11. The zero-order valence-electron chi connectivity index (χ0n) is 12.8. The summed E-state index contributed by atoms with van der Waals surface area (Å²) >= 11 is 12.1. The zero-order valence-corrected chi connectivity index (χ0v) is 14.3. The number of carbonyl (C=O) groups excluding carboxylic acids is 1. The van der Waals surface area contributed by atoms with Crippen LogP contribution in [-0.2, 0) is 0 Å². The van der Waals surface area contributed by atoms with Gasteiger partial charge in [0.1, 0.15) is 0 Å². The summed E-state index contributed by atoms with van der Waals surface area (Å²) in [6.45, 7) is 1.32. The van der Waals surface area contributed by atoms with Crippen molar-refractivity contribution in [2.24, 2.45) is 0 Å². The first-order valence-electron chi connectivity index (χ1n) is 6.93. The fourth-order valence-corrected chi connectivity index (χ4v) is 2.23. The van der Waals surface area contributed by atoms with Crippen LogP contribution in [0, 0.1) is 0 Å². The highest BCUT2D eigenvalue weighted by molar-refractivity contribution is 6.39. The van der Waals surface area contributed by atoms with Crippen LogP contribution in [0.3, 0.4) is 0 Å². The number of nitrogens with zero attached hydrogens (tertiary/aromatic N) is 3. The largest absolute Gasteiger partial charge is 0.351 e. The lowest BCUT2D eigenvalue weighted by Crippen LogP contribution is -2.31. The predicted octanol–water partition coefficient (Wildman–Crippen LogP) is 2.82. The topological polar surface area (TPSA) is 70.2 Å². The highest BCUT2D eigenvalue weighted by atomic mass is 35.5. The Balaban J connectivity index is 2.01. The summed E-state index contributed by atoms with van der Waals surface area (Å²) < 4.78 is 0. The zero-order chi connectivity index (χ0) is 16.8. The van der Waals surface area contributed by atoms with Gasteiger partial charge in [-0.2, -0.15) is 0 Å². The third-order valence-electron chi connectivity index (χ3n) is 2.96.